The first-order valence-electron chi connectivity index (χ1n) is 7.11. The fourth-order valence-corrected chi connectivity index (χ4v) is 3.09. The average Bonchev–Trinajstić information content (AvgIpc) is 3.12. The number of fused-ring (bicyclic) bond motifs is 1. The summed E-state index contributed by atoms with van der Waals surface area (Å²) >= 11 is 7.37. The lowest BCUT2D eigenvalue weighted by molar-refractivity contribution is 0.923. The highest BCUT2D eigenvalue weighted by Crippen LogP contribution is 2.25. The van der Waals surface area contributed by atoms with Crippen molar-refractivity contribution >= 4 is 38.8 Å². The van der Waals surface area contributed by atoms with E-state index in [1.54, 1.807) is 16.8 Å². The van der Waals surface area contributed by atoms with E-state index in [-0.39, 0.29) is 0 Å². The Morgan fingerprint density at radius 3 is 2.75 bits per heavy atom. The lowest BCUT2D eigenvalue weighted by atomic mass is 10.2. The number of hydrogen-bond acceptors (Lipinski definition) is 7. The molecule has 3 aromatic heterocycles. The molecule has 0 radical (unpaired) electrons. The summed E-state index contributed by atoms with van der Waals surface area (Å²) in [6.45, 7) is 0.450. The van der Waals surface area contributed by atoms with E-state index >= 15 is 0 Å². The van der Waals surface area contributed by atoms with Crippen LogP contribution in [0.25, 0.3) is 16.2 Å². The van der Waals surface area contributed by atoms with Gasteiger partial charge in [0.25, 0.3) is 0 Å². The number of aromatic nitrogens is 5. The van der Waals surface area contributed by atoms with Crippen molar-refractivity contribution < 1.29 is 0 Å². The standard InChI is InChI=1S/C15H12ClN7S/c16-10-3-1-9(2-4-10)11-8-23-15(20-11)24-14(22-23)19-7-13-18-6-5-12(17)21-13/h1-6,8H,7H2,(H,19,22)(H2,17,18,21). The Morgan fingerprint density at radius 1 is 1.17 bits per heavy atom. The normalized spacial score (nSPS) is 11.0. The van der Waals surface area contributed by atoms with Gasteiger partial charge in [-0.3, -0.25) is 0 Å². The number of imidazole rings is 1. The van der Waals surface area contributed by atoms with Gasteiger partial charge in [-0.15, -0.1) is 5.10 Å². The third-order valence-corrected chi connectivity index (χ3v) is 4.44. The van der Waals surface area contributed by atoms with E-state index in [1.807, 2.05) is 30.5 Å². The van der Waals surface area contributed by atoms with Crippen molar-refractivity contribution in [2.45, 2.75) is 6.54 Å². The lowest BCUT2D eigenvalue weighted by Crippen LogP contribution is -2.05. The predicted molar refractivity (Wildman–Crippen MR) is 95.1 cm³/mol. The minimum absolute atomic E-state index is 0.448. The van der Waals surface area contributed by atoms with E-state index in [4.69, 9.17) is 17.3 Å². The molecular weight excluding hydrogens is 346 g/mol. The van der Waals surface area contributed by atoms with Gasteiger partial charge in [0.15, 0.2) is 0 Å². The van der Waals surface area contributed by atoms with Crippen LogP contribution in [0.4, 0.5) is 10.9 Å². The van der Waals surface area contributed by atoms with Gasteiger partial charge in [-0.1, -0.05) is 35.1 Å². The Bertz CT molecular complexity index is 961. The molecule has 0 aliphatic heterocycles. The maximum absolute atomic E-state index is 5.91. The lowest BCUT2D eigenvalue weighted by Gasteiger charge is -2.01. The van der Waals surface area contributed by atoms with E-state index < -0.39 is 0 Å². The Hall–Kier alpha value is -2.71. The number of rotatable bonds is 4. The predicted octanol–water partition coefficient (Wildman–Crippen LogP) is 3.10. The largest absolute Gasteiger partial charge is 0.384 e. The van der Waals surface area contributed by atoms with Gasteiger partial charge >= 0.3 is 0 Å². The van der Waals surface area contributed by atoms with Gasteiger partial charge in [0.2, 0.25) is 10.1 Å². The minimum Gasteiger partial charge on any atom is -0.384 e. The van der Waals surface area contributed by atoms with Crippen LogP contribution < -0.4 is 11.1 Å². The van der Waals surface area contributed by atoms with Crippen molar-refractivity contribution in [2.75, 3.05) is 11.1 Å². The van der Waals surface area contributed by atoms with Crippen LogP contribution in [0.3, 0.4) is 0 Å². The van der Waals surface area contributed by atoms with Crippen molar-refractivity contribution in [1.82, 2.24) is 24.6 Å². The molecule has 0 saturated heterocycles. The van der Waals surface area contributed by atoms with Gasteiger partial charge in [0.1, 0.15) is 11.6 Å². The molecule has 3 N–H and O–H groups in total. The van der Waals surface area contributed by atoms with Gasteiger partial charge in [-0.25, -0.2) is 19.5 Å². The molecule has 0 fully saturated rings. The Labute approximate surface area is 146 Å². The molecule has 0 aliphatic carbocycles. The van der Waals surface area contributed by atoms with Crippen LogP contribution >= 0.6 is 22.9 Å². The first kappa shape index (κ1) is 14.9. The number of nitrogen functional groups attached to an aromatic ring is 1. The molecular formula is C15H12ClN7S. The van der Waals surface area contributed by atoms with Gasteiger partial charge in [0.05, 0.1) is 18.4 Å². The number of anilines is 2. The second kappa shape index (κ2) is 6.06. The third-order valence-electron chi connectivity index (χ3n) is 3.31. The second-order valence-electron chi connectivity index (χ2n) is 5.02. The molecule has 0 spiro atoms. The zero-order valence-corrected chi connectivity index (χ0v) is 13.9. The summed E-state index contributed by atoms with van der Waals surface area (Å²) < 4.78 is 1.75. The van der Waals surface area contributed by atoms with Crippen LogP contribution in [0.1, 0.15) is 5.82 Å². The SMILES string of the molecule is Nc1ccnc(CNc2nn3cc(-c4ccc(Cl)cc4)nc3s2)n1. The van der Waals surface area contributed by atoms with Crippen LogP contribution in [-0.4, -0.2) is 24.6 Å². The summed E-state index contributed by atoms with van der Waals surface area (Å²) in [5, 5.41) is 9.09. The van der Waals surface area contributed by atoms with Crippen LogP contribution in [0.2, 0.25) is 5.02 Å². The molecule has 0 amide bonds. The Kier molecular flexibility index (Phi) is 3.75. The highest BCUT2D eigenvalue weighted by molar-refractivity contribution is 7.20. The van der Waals surface area contributed by atoms with Crippen molar-refractivity contribution in [3.8, 4) is 11.3 Å². The summed E-state index contributed by atoms with van der Waals surface area (Å²) in [4.78, 5) is 13.7. The zero-order chi connectivity index (χ0) is 16.5. The molecule has 24 heavy (non-hydrogen) atoms. The van der Waals surface area contributed by atoms with Crippen molar-refractivity contribution in [1.29, 1.82) is 0 Å². The van der Waals surface area contributed by atoms with E-state index in [0.717, 1.165) is 21.3 Å². The van der Waals surface area contributed by atoms with E-state index in [9.17, 15) is 0 Å². The van der Waals surface area contributed by atoms with Gasteiger partial charge < -0.3 is 11.1 Å². The number of nitrogens with zero attached hydrogens (tertiary/aromatic N) is 5. The number of hydrogen-bond donors (Lipinski definition) is 2. The average molecular weight is 358 g/mol. The van der Waals surface area contributed by atoms with Gasteiger partial charge in [0, 0.05) is 16.8 Å². The van der Waals surface area contributed by atoms with Gasteiger partial charge in [-0.2, -0.15) is 0 Å². The van der Waals surface area contributed by atoms with Gasteiger partial charge in [-0.05, 0) is 18.2 Å². The minimum atomic E-state index is 0.448. The zero-order valence-electron chi connectivity index (χ0n) is 12.3. The molecule has 120 valence electrons. The third kappa shape index (κ3) is 3.01. The molecule has 0 unspecified atom stereocenters. The summed E-state index contributed by atoms with van der Waals surface area (Å²) in [5.41, 5.74) is 7.50. The highest BCUT2D eigenvalue weighted by Gasteiger charge is 2.10. The van der Waals surface area contributed by atoms with Crippen molar-refractivity contribution in [2.24, 2.45) is 0 Å². The molecule has 0 aliphatic rings. The topological polar surface area (TPSA) is 94.0 Å². The first-order chi connectivity index (χ1) is 11.7. The molecule has 3 heterocycles. The Morgan fingerprint density at radius 2 is 2.00 bits per heavy atom. The Balaban J connectivity index is 1.52. The van der Waals surface area contributed by atoms with Crippen molar-refractivity contribution in [3.05, 3.63) is 53.6 Å². The maximum Gasteiger partial charge on any atom is 0.214 e. The van der Waals surface area contributed by atoms with E-state index in [1.165, 1.54) is 11.3 Å². The number of nitrogens with one attached hydrogen (secondary N) is 1. The highest BCUT2D eigenvalue weighted by atomic mass is 35.5. The molecule has 7 nitrogen and oxygen atoms in total. The molecule has 4 aromatic rings. The molecule has 0 bridgehead atoms. The molecule has 0 atom stereocenters. The molecule has 0 saturated carbocycles. The van der Waals surface area contributed by atoms with Crippen LogP contribution in [0, 0.1) is 0 Å². The number of halogens is 1. The van der Waals surface area contributed by atoms with E-state index in [2.05, 4.69) is 25.4 Å². The fourth-order valence-electron chi connectivity index (χ4n) is 2.19. The smallest absolute Gasteiger partial charge is 0.214 e. The fraction of sp³-hybridized carbons (Fsp3) is 0.0667. The second-order valence-corrected chi connectivity index (χ2v) is 6.41. The van der Waals surface area contributed by atoms with Crippen LogP contribution in [-0.2, 0) is 6.54 Å². The molecule has 1 aromatic carbocycles. The van der Waals surface area contributed by atoms with Crippen molar-refractivity contribution in [3.63, 3.8) is 0 Å². The summed E-state index contributed by atoms with van der Waals surface area (Å²) in [7, 11) is 0. The monoisotopic (exact) mass is 357 g/mol. The number of benzene rings is 1. The number of nitrogens with two attached hydrogens (primary N) is 1. The van der Waals surface area contributed by atoms with Crippen LogP contribution in [0.15, 0.2) is 42.7 Å². The van der Waals surface area contributed by atoms with Crippen LogP contribution in [0.5, 0.6) is 0 Å². The summed E-state index contributed by atoms with van der Waals surface area (Å²) in [6.07, 6.45) is 3.52. The summed E-state index contributed by atoms with van der Waals surface area (Å²) in [6, 6.07) is 9.21. The quantitative estimate of drug-likeness (QED) is 0.583. The summed E-state index contributed by atoms with van der Waals surface area (Å²) in [5.74, 6) is 1.06. The van der Waals surface area contributed by atoms with E-state index in [0.29, 0.717) is 23.2 Å². The molecule has 9 heteroatoms. The molecule has 4 rings (SSSR count). The first-order valence-corrected chi connectivity index (χ1v) is 8.30. The maximum atomic E-state index is 5.91.